The number of aromatic nitrogens is 3. The molecule has 2 N–H and O–H groups in total. The lowest BCUT2D eigenvalue weighted by atomic mass is 10.0. The molecule has 166 valence electrons. The quantitative estimate of drug-likeness (QED) is 0.385. The van der Waals surface area contributed by atoms with E-state index in [-0.39, 0.29) is 11.5 Å². The number of benzene rings is 2. The van der Waals surface area contributed by atoms with Gasteiger partial charge in [-0.3, -0.25) is 0 Å². The van der Waals surface area contributed by atoms with Crippen LogP contribution in [0.2, 0.25) is 0 Å². The van der Waals surface area contributed by atoms with Crippen LogP contribution in [0, 0.1) is 0 Å². The summed E-state index contributed by atoms with van der Waals surface area (Å²) in [5, 5.41) is 8.76. The fourth-order valence-corrected chi connectivity index (χ4v) is 4.55. The first-order valence-corrected chi connectivity index (χ1v) is 12.2. The summed E-state index contributed by atoms with van der Waals surface area (Å²) in [6.07, 6.45) is 0. The molecule has 0 aliphatic heterocycles. The lowest BCUT2D eigenvalue weighted by Crippen LogP contribution is -2.22. The van der Waals surface area contributed by atoms with Gasteiger partial charge in [0, 0.05) is 19.8 Å². The van der Waals surface area contributed by atoms with Gasteiger partial charge in [-0.2, -0.15) is 0 Å². The molecule has 0 bridgehead atoms. The molecule has 0 aliphatic carbocycles. The third kappa shape index (κ3) is 5.57. The Hall–Kier alpha value is -2.56. The number of ether oxygens (including phenoxy) is 1. The van der Waals surface area contributed by atoms with Gasteiger partial charge in [0.25, 0.3) is 0 Å². The van der Waals surface area contributed by atoms with Gasteiger partial charge in [-0.25, -0.2) is 17.4 Å². The summed E-state index contributed by atoms with van der Waals surface area (Å²) in [6, 6.07) is 14.8. The summed E-state index contributed by atoms with van der Waals surface area (Å²) in [4.78, 5) is 0.252. The van der Waals surface area contributed by atoms with Gasteiger partial charge in [0.1, 0.15) is 12.4 Å². The van der Waals surface area contributed by atoms with Crippen LogP contribution in [-0.2, 0) is 22.4 Å². The molecule has 2 aromatic carbocycles. The average Bonchev–Trinajstić information content (AvgIpc) is 3.10. The zero-order chi connectivity index (χ0) is 22.6. The van der Waals surface area contributed by atoms with Gasteiger partial charge in [0.2, 0.25) is 15.2 Å². The summed E-state index contributed by atoms with van der Waals surface area (Å²) >= 11 is 1.38. The number of sulfonamides is 1. The Morgan fingerprint density at radius 3 is 2.48 bits per heavy atom. The maximum absolute atomic E-state index is 12.3. The van der Waals surface area contributed by atoms with E-state index in [0.717, 1.165) is 11.3 Å². The summed E-state index contributed by atoms with van der Waals surface area (Å²) < 4.78 is 33.0. The zero-order valence-corrected chi connectivity index (χ0v) is 19.7. The van der Waals surface area contributed by atoms with Crippen molar-refractivity contribution in [3.05, 3.63) is 65.5 Å². The monoisotopic (exact) mass is 461 g/mol. The molecule has 8 nitrogen and oxygen atoms in total. The summed E-state index contributed by atoms with van der Waals surface area (Å²) in [6.45, 7) is 4.48. The van der Waals surface area contributed by atoms with Crippen molar-refractivity contribution in [3.8, 4) is 5.75 Å². The largest absolute Gasteiger partial charge is 0.486 e. The smallest absolute Gasteiger partial charge is 0.242 e. The van der Waals surface area contributed by atoms with E-state index in [1.54, 1.807) is 18.2 Å². The van der Waals surface area contributed by atoms with Gasteiger partial charge in [0.05, 0.1) is 4.90 Å². The number of hydrogen-bond acceptors (Lipinski definition) is 7. The van der Waals surface area contributed by atoms with Crippen molar-refractivity contribution in [1.29, 1.82) is 0 Å². The lowest BCUT2D eigenvalue weighted by Gasteiger charge is -2.12. The third-order valence-electron chi connectivity index (χ3n) is 4.69. The second-order valence-corrected chi connectivity index (χ2v) is 10.6. The van der Waals surface area contributed by atoms with E-state index < -0.39 is 10.0 Å². The molecule has 1 aromatic heterocycles. The molecule has 0 radical (unpaired) electrons. The SMILES string of the molecule is CC(C)c1ccc(OCc2nnc(SCc3cccc(S(=O)(=O)N(C)C)c3)n2N)cc1. The number of nitrogens with two attached hydrogens (primary N) is 1. The van der Waals surface area contributed by atoms with Gasteiger partial charge in [-0.05, 0) is 41.3 Å². The fourth-order valence-electron chi connectivity index (χ4n) is 2.76. The summed E-state index contributed by atoms with van der Waals surface area (Å²) in [7, 11) is -0.458. The molecule has 0 spiro atoms. The van der Waals surface area contributed by atoms with Crippen LogP contribution >= 0.6 is 11.8 Å². The minimum atomic E-state index is -3.48. The molecule has 0 atom stereocenters. The normalized spacial score (nSPS) is 11.9. The lowest BCUT2D eigenvalue weighted by molar-refractivity contribution is 0.291. The molecule has 31 heavy (non-hydrogen) atoms. The molecule has 10 heteroatoms. The highest BCUT2D eigenvalue weighted by atomic mass is 32.2. The Bertz CT molecular complexity index is 1130. The highest BCUT2D eigenvalue weighted by molar-refractivity contribution is 7.98. The van der Waals surface area contributed by atoms with Crippen molar-refractivity contribution < 1.29 is 13.2 Å². The van der Waals surface area contributed by atoms with Crippen LogP contribution in [0.4, 0.5) is 0 Å². The topological polar surface area (TPSA) is 103 Å². The van der Waals surface area contributed by atoms with E-state index in [0.29, 0.717) is 22.7 Å². The second-order valence-electron chi connectivity index (χ2n) is 7.50. The van der Waals surface area contributed by atoms with Crippen LogP contribution in [-0.4, -0.2) is 41.7 Å². The number of nitrogen functional groups attached to an aromatic ring is 1. The van der Waals surface area contributed by atoms with Crippen LogP contribution < -0.4 is 10.6 Å². The summed E-state index contributed by atoms with van der Waals surface area (Å²) in [5.41, 5.74) is 2.09. The third-order valence-corrected chi connectivity index (χ3v) is 7.52. The van der Waals surface area contributed by atoms with Crippen molar-refractivity contribution >= 4 is 21.8 Å². The van der Waals surface area contributed by atoms with E-state index in [9.17, 15) is 8.42 Å². The first kappa shape index (κ1) is 23.1. The first-order valence-electron chi connectivity index (χ1n) is 9.75. The van der Waals surface area contributed by atoms with E-state index in [2.05, 4.69) is 24.0 Å². The van der Waals surface area contributed by atoms with Gasteiger partial charge in [-0.15, -0.1) is 10.2 Å². The average molecular weight is 462 g/mol. The van der Waals surface area contributed by atoms with Gasteiger partial charge < -0.3 is 10.6 Å². The fraction of sp³-hybridized carbons (Fsp3) is 0.333. The highest BCUT2D eigenvalue weighted by Gasteiger charge is 2.18. The van der Waals surface area contributed by atoms with Crippen molar-refractivity contribution in [2.45, 2.75) is 42.2 Å². The van der Waals surface area contributed by atoms with Crippen LogP contribution in [0.15, 0.2) is 58.6 Å². The molecule has 0 amide bonds. The Morgan fingerprint density at radius 2 is 1.84 bits per heavy atom. The number of nitrogens with zero attached hydrogens (tertiary/aromatic N) is 4. The van der Waals surface area contributed by atoms with E-state index >= 15 is 0 Å². The molecule has 0 fully saturated rings. The first-order chi connectivity index (χ1) is 14.7. The molecule has 1 heterocycles. The number of thioether (sulfide) groups is 1. The van der Waals surface area contributed by atoms with Gasteiger partial charge in [0.15, 0.2) is 5.82 Å². The molecule has 0 aliphatic rings. The molecule has 3 aromatic rings. The van der Waals surface area contributed by atoms with Crippen molar-refractivity contribution in [3.63, 3.8) is 0 Å². The van der Waals surface area contributed by atoms with E-state index in [1.165, 1.54) is 40.4 Å². The molecular weight excluding hydrogens is 434 g/mol. The minimum absolute atomic E-state index is 0.196. The summed E-state index contributed by atoms with van der Waals surface area (Å²) in [5.74, 6) is 8.32. The van der Waals surface area contributed by atoms with Crippen LogP contribution in [0.25, 0.3) is 0 Å². The Morgan fingerprint density at radius 1 is 1.13 bits per heavy atom. The van der Waals surface area contributed by atoms with Crippen molar-refractivity contribution in [2.24, 2.45) is 0 Å². The highest BCUT2D eigenvalue weighted by Crippen LogP contribution is 2.24. The van der Waals surface area contributed by atoms with Crippen LogP contribution in [0.5, 0.6) is 5.75 Å². The van der Waals surface area contributed by atoms with Crippen molar-refractivity contribution in [2.75, 3.05) is 19.9 Å². The minimum Gasteiger partial charge on any atom is -0.486 e. The zero-order valence-electron chi connectivity index (χ0n) is 18.0. The molecular formula is C21H27N5O3S2. The Balaban J connectivity index is 1.62. The van der Waals surface area contributed by atoms with Gasteiger partial charge >= 0.3 is 0 Å². The van der Waals surface area contributed by atoms with Crippen LogP contribution in [0.1, 0.15) is 36.7 Å². The molecule has 0 unspecified atom stereocenters. The molecule has 0 saturated carbocycles. The standard InChI is InChI=1S/C21H27N5O3S2/c1-15(2)17-8-10-18(11-9-17)29-13-20-23-24-21(26(20)22)30-14-16-6-5-7-19(12-16)31(27,28)25(3)4/h5-12,15H,13-14,22H2,1-4H3. The van der Waals surface area contributed by atoms with E-state index in [4.69, 9.17) is 10.6 Å². The van der Waals surface area contributed by atoms with Crippen LogP contribution in [0.3, 0.4) is 0 Å². The maximum Gasteiger partial charge on any atom is 0.242 e. The Labute approximate surface area is 187 Å². The second kappa shape index (κ2) is 9.71. The predicted octanol–water partition coefficient (Wildman–Crippen LogP) is 3.24. The molecule has 0 saturated heterocycles. The predicted molar refractivity (Wildman–Crippen MR) is 122 cm³/mol. The van der Waals surface area contributed by atoms with Gasteiger partial charge in [-0.1, -0.05) is 49.9 Å². The Kier molecular flexibility index (Phi) is 7.24. The van der Waals surface area contributed by atoms with E-state index in [1.807, 2.05) is 30.3 Å². The molecule has 3 rings (SSSR count). The number of hydrogen-bond donors (Lipinski definition) is 1. The number of rotatable bonds is 9. The van der Waals surface area contributed by atoms with Crippen molar-refractivity contribution in [1.82, 2.24) is 19.2 Å². The maximum atomic E-state index is 12.3.